The van der Waals surface area contributed by atoms with Crippen LogP contribution in [0.3, 0.4) is 0 Å². The summed E-state index contributed by atoms with van der Waals surface area (Å²) in [5.41, 5.74) is 0.398. The van der Waals surface area contributed by atoms with E-state index in [4.69, 9.17) is 0 Å². The third-order valence-electron chi connectivity index (χ3n) is 3.83. The minimum Gasteiger partial charge on any atom is -0.349 e. The van der Waals surface area contributed by atoms with Crippen molar-refractivity contribution in [3.63, 3.8) is 0 Å². The number of carbonyl (C=O) groups excluding carboxylic acids is 3. The highest BCUT2D eigenvalue weighted by Gasteiger charge is 2.35. The van der Waals surface area contributed by atoms with Gasteiger partial charge in [0.15, 0.2) is 9.84 Å². The summed E-state index contributed by atoms with van der Waals surface area (Å²) in [6.07, 6.45) is 7.95. The number of imide groups is 1. The van der Waals surface area contributed by atoms with Gasteiger partial charge in [-0.05, 0) is 12.2 Å². The minimum absolute atomic E-state index is 0.0997. The first-order valence-electron chi connectivity index (χ1n) is 7.35. The number of rotatable bonds is 4. The number of nitrogens with zero attached hydrogens (tertiary/aromatic N) is 2. The van der Waals surface area contributed by atoms with Crippen LogP contribution in [0.1, 0.15) is 6.42 Å². The first-order chi connectivity index (χ1) is 11.4. The van der Waals surface area contributed by atoms with E-state index in [-0.39, 0.29) is 18.7 Å². The highest BCUT2D eigenvalue weighted by atomic mass is 32.2. The van der Waals surface area contributed by atoms with Gasteiger partial charge in [-0.15, -0.1) is 0 Å². The molecule has 0 saturated carbocycles. The molecule has 0 bridgehead atoms. The molecule has 8 nitrogen and oxygen atoms in total. The van der Waals surface area contributed by atoms with Crippen molar-refractivity contribution in [2.24, 2.45) is 10.9 Å². The second-order valence-corrected chi connectivity index (χ2v) is 7.54. The van der Waals surface area contributed by atoms with Gasteiger partial charge in [-0.1, -0.05) is 18.2 Å². The predicted molar refractivity (Wildman–Crippen MR) is 85.8 cm³/mol. The molecule has 0 aromatic rings. The van der Waals surface area contributed by atoms with E-state index in [0.29, 0.717) is 5.71 Å². The van der Waals surface area contributed by atoms with E-state index in [9.17, 15) is 22.8 Å². The van der Waals surface area contributed by atoms with Gasteiger partial charge >= 0.3 is 6.03 Å². The topological polar surface area (TPSA) is 113 Å². The van der Waals surface area contributed by atoms with Crippen LogP contribution in [0.4, 0.5) is 4.79 Å². The normalized spacial score (nSPS) is 27.2. The maximum absolute atomic E-state index is 12.3. The molecule has 1 N–H and O–H groups in total. The number of amides is 4. The van der Waals surface area contributed by atoms with Gasteiger partial charge in [-0.3, -0.25) is 14.5 Å². The molecule has 0 radical (unpaired) electrons. The van der Waals surface area contributed by atoms with Gasteiger partial charge in [0.25, 0.3) is 0 Å². The first-order valence-corrected chi connectivity index (χ1v) is 9.06. The van der Waals surface area contributed by atoms with Crippen molar-refractivity contribution < 1.29 is 22.8 Å². The molecule has 1 aliphatic carbocycles. The monoisotopic (exact) mass is 349 g/mol. The molecular weight excluding hydrogens is 334 g/mol. The summed E-state index contributed by atoms with van der Waals surface area (Å²) in [7, 11) is -3.25. The zero-order valence-electron chi connectivity index (χ0n) is 12.6. The number of hydrogen-bond donors (Lipinski definition) is 1. The van der Waals surface area contributed by atoms with Gasteiger partial charge in [0.1, 0.15) is 0 Å². The molecule has 3 aliphatic rings. The summed E-state index contributed by atoms with van der Waals surface area (Å²) in [5.74, 6) is -1.62. The van der Waals surface area contributed by atoms with Gasteiger partial charge in [-0.25, -0.2) is 13.2 Å². The lowest BCUT2D eigenvalue weighted by Gasteiger charge is -2.28. The Morgan fingerprint density at radius 2 is 2.08 bits per heavy atom. The Balaban J connectivity index is 1.58. The highest BCUT2D eigenvalue weighted by Crippen LogP contribution is 2.19. The molecule has 126 valence electrons. The summed E-state index contributed by atoms with van der Waals surface area (Å²) in [5, 5.41) is 3.61. The average Bonchev–Trinajstić information content (AvgIpc) is 2.85. The lowest BCUT2D eigenvalue weighted by Crippen LogP contribution is -2.47. The van der Waals surface area contributed by atoms with Crippen LogP contribution in [0, 0.1) is 5.92 Å². The second kappa shape index (κ2) is 6.16. The Labute approximate surface area is 138 Å². The standard InChI is InChI=1S/C15H15N3O5S/c19-13(16-10-6-8-24(22,23)9-10)5-7-18-14(20)11-3-1-2-4-12(11)17-15(18)21/h1-4,6,8,10-11H,5,7,9H2,(H,16,19). The van der Waals surface area contributed by atoms with Crippen LogP contribution >= 0.6 is 0 Å². The average molecular weight is 349 g/mol. The van der Waals surface area contributed by atoms with Crippen LogP contribution in [0.15, 0.2) is 40.8 Å². The number of sulfone groups is 1. The lowest BCUT2D eigenvalue weighted by atomic mass is 9.95. The number of hydrogen-bond acceptors (Lipinski definition) is 5. The molecular formula is C15H15N3O5S. The Morgan fingerprint density at radius 1 is 1.29 bits per heavy atom. The molecule has 9 heteroatoms. The second-order valence-electron chi connectivity index (χ2n) is 5.61. The molecule has 2 unspecified atom stereocenters. The fourth-order valence-electron chi connectivity index (χ4n) is 2.64. The zero-order valence-corrected chi connectivity index (χ0v) is 13.4. The van der Waals surface area contributed by atoms with E-state index in [1.165, 1.54) is 6.08 Å². The van der Waals surface area contributed by atoms with E-state index in [2.05, 4.69) is 10.3 Å². The largest absolute Gasteiger partial charge is 0.350 e. The number of aliphatic imine (C=N–C) groups is 1. The van der Waals surface area contributed by atoms with Crippen molar-refractivity contribution in [3.05, 3.63) is 35.8 Å². The van der Waals surface area contributed by atoms with E-state index in [0.717, 1.165) is 10.3 Å². The van der Waals surface area contributed by atoms with Crippen molar-refractivity contribution in [3.8, 4) is 0 Å². The minimum atomic E-state index is -3.25. The molecule has 2 atom stereocenters. The zero-order chi connectivity index (χ0) is 17.3. The van der Waals surface area contributed by atoms with Crippen molar-refractivity contribution in [1.29, 1.82) is 0 Å². The van der Waals surface area contributed by atoms with E-state index >= 15 is 0 Å². The van der Waals surface area contributed by atoms with Crippen molar-refractivity contribution in [2.75, 3.05) is 12.3 Å². The lowest BCUT2D eigenvalue weighted by molar-refractivity contribution is -0.130. The summed E-state index contributed by atoms with van der Waals surface area (Å²) < 4.78 is 22.6. The fraction of sp³-hybridized carbons (Fsp3) is 0.333. The van der Waals surface area contributed by atoms with Crippen LogP contribution in [-0.4, -0.2) is 55.2 Å². The van der Waals surface area contributed by atoms with Crippen LogP contribution in [0.5, 0.6) is 0 Å². The Bertz CT molecular complexity index is 822. The SMILES string of the molecule is O=C(CCN1C(=O)N=C2C=CC=CC2C1=O)NC1C=CS(=O)(=O)C1. The Hall–Kier alpha value is -2.55. The molecule has 2 aliphatic heterocycles. The maximum Gasteiger partial charge on any atom is 0.350 e. The van der Waals surface area contributed by atoms with Crippen LogP contribution in [0.25, 0.3) is 0 Å². The predicted octanol–water partition coefficient (Wildman–Crippen LogP) is -0.0512. The molecule has 0 aromatic carbocycles. The summed E-state index contributed by atoms with van der Waals surface area (Å²) in [6, 6.07) is -1.27. The van der Waals surface area contributed by atoms with Crippen LogP contribution < -0.4 is 5.32 Å². The summed E-state index contributed by atoms with van der Waals surface area (Å²) in [4.78, 5) is 41.0. The van der Waals surface area contributed by atoms with Crippen molar-refractivity contribution in [2.45, 2.75) is 12.5 Å². The molecule has 0 spiro atoms. The third-order valence-corrected chi connectivity index (χ3v) is 5.22. The van der Waals surface area contributed by atoms with E-state index in [1.807, 2.05) is 0 Å². The fourth-order valence-corrected chi connectivity index (χ4v) is 3.88. The number of allylic oxidation sites excluding steroid dienone is 3. The summed E-state index contributed by atoms with van der Waals surface area (Å²) in [6.45, 7) is -0.0997. The van der Waals surface area contributed by atoms with Gasteiger partial charge in [0.2, 0.25) is 11.8 Å². The highest BCUT2D eigenvalue weighted by molar-refractivity contribution is 7.94. The van der Waals surface area contributed by atoms with Crippen LogP contribution in [0.2, 0.25) is 0 Å². The maximum atomic E-state index is 12.3. The molecule has 2 heterocycles. The number of nitrogens with one attached hydrogen (secondary N) is 1. The van der Waals surface area contributed by atoms with Gasteiger partial charge in [0, 0.05) is 18.4 Å². The summed E-state index contributed by atoms with van der Waals surface area (Å²) >= 11 is 0. The van der Waals surface area contributed by atoms with Crippen molar-refractivity contribution >= 4 is 33.4 Å². The first kappa shape index (κ1) is 16.3. The van der Waals surface area contributed by atoms with Gasteiger partial charge in [0.05, 0.1) is 23.4 Å². The number of carbonyl (C=O) groups is 3. The number of urea groups is 1. The molecule has 0 saturated heterocycles. The Morgan fingerprint density at radius 3 is 2.79 bits per heavy atom. The molecule has 0 fully saturated rings. The van der Waals surface area contributed by atoms with E-state index < -0.39 is 39.6 Å². The quantitative estimate of drug-likeness (QED) is 0.764. The molecule has 24 heavy (non-hydrogen) atoms. The molecule has 0 aromatic heterocycles. The molecule has 3 rings (SSSR count). The van der Waals surface area contributed by atoms with Crippen LogP contribution in [-0.2, 0) is 19.4 Å². The van der Waals surface area contributed by atoms with Gasteiger partial charge < -0.3 is 5.32 Å². The Kier molecular flexibility index (Phi) is 4.18. The molecule has 4 amide bonds. The van der Waals surface area contributed by atoms with Crippen molar-refractivity contribution in [1.82, 2.24) is 10.2 Å². The van der Waals surface area contributed by atoms with Gasteiger partial charge in [-0.2, -0.15) is 4.99 Å². The third kappa shape index (κ3) is 3.35. The van der Waals surface area contributed by atoms with E-state index in [1.54, 1.807) is 24.3 Å². The smallest absolute Gasteiger partial charge is 0.349 e. The number of fused-ring (bicyclic) bond motifs is 1.